The van der Waals surface area contributed by atoms with E-state index in [0.29, 0.717) is 28.0 Å². The molecule has 4 rings (SSSR count). The minimum atomic E-state index is -0.923. The quantitative estimate of drug-likeness (QED) is 0.340. The van der Waals surface area contributed by atoms with Gasteiger partial charge in [-0.1, -0.05) is 30.0 Å². The lowest BCUT2D eigenvalue weighted by molar-refractivity contribution is -0.145. The molecule has 0 spiro atoms. The largest absolute Gasteiger partial charge is 0.466 e. The van der Waals surface area contributed by atoms with E-state index in [2.05, 4.69) is 5.32 Å². The highest BCUT2D eigenvalue weighted by Crippen LogP contribution is 2.35. The van der Waals surface area contributed by atoms with Crippen molar-refractivity contribution in [2.24, 2.45) is 0 Å². The van der Waals surface area contributed by atoms with Gasteiger partial charge in [0.05, 0.1) is 23.5 Å². The van der Waals surface area contributed by atoms with E-state index in [1.807, 2.05) is 26.8 Å². The number of hydrogen-bond donors (Lipinski definition) is 1. The van der Waals surface area contributed by atoms with E-state index in [4.69, 9.17) is 21.9 Å². The number of nitrogens with one attached hydrogen (secondary N) is 1. The van der Waals surface area contributed by atoms with Crippen molar-refractivity contribution in [2.75, 3.05) is 24.6 Å². The van der Waals surface area contributed by atoms with Crippen LogP contribution in [0.2, 0.25) is 0 Å². The molecule has 4 heterocycles. The van der Waals surface area contributed by atoms with Gasteiger partial charge in [0.1, 0.15) is 21.8 Å². The minimum Gasteiger partial charge on any atom is -0.466 e. The van der Waals surface area contributed by atoms with Gasteiger partial charge in [0.15, 0.2) is 0 Å². The van der Waals surface area contributed by atoms with Gasteiger partial charge in [-0.2, -0.15) is 0 Å². The van der Waals surface area contributed by atoms with E-state index >= 15 is 0 Å². The van der Waals surface area contributed by atoms with E-state index < -0.39 is 17.6 Å². The van der Waals surface area contributed by atoms with Gasteiger partial charge in [-0.05, 0) is 45.4 Å². The van der Waals surface area contributed by atoms with Gasteiger partial charge in [-0.25, -0.2) is 4.98 Å². The number of pyridine rings is 1. The zero-order chi connectivity index (χ0) is 26.1. The Morgan fingerprint density at radius 1 is 1.36 bits per heavy atom. The molecule has 2 aliphatic heterocycles. The zero-order valence-corrected chi connectivity index (χ0v) is 22.1. The number of thiocarbonyl (C=S) groups is 1. The molecule has 0 radical (unpaired) electrons. The average molecular weight is 530 g/mol. The SMILES string of the molecule is CCOC(=O)C[C@@H]1C(=O)NCCN1c1nc2c(C)cccn2c(=O)c1/C=C1\SC(=S)N(C(C)C)C1=O. The molecule has 190 valence electrons. The third-order valence-electron chi connectivity index (χ3n) is 5.95. The van der Waals surface area contributed by atoms with Crippen LogP contribution in [0, 0.1) is 6.92 Å². The Kier molecular flexibility index (Phi) is 7.46. The first-order chi connectivity index (χ1) is 17.1. The van der Waals surface area contributed by atoms with Crippen LogP contribution in [0.25, 0.3) is 11.7 Å². The standard InChI is InChI=1S/C24H27N5O5S2/c1-5-34-18(30)12-16-21(31)25-8-10-27(16)20-15(11-17-23(33)29(13(2)3)24(35)36-17)22(32)28-9-6-7-14(4)19(28)26-20/h6-7,9,11,13,16H,5,8,10,12H2,1-4H3,(H,25,31)/b17-11-/t16-/m1/s1. The van der Waals surface area contributed by atoms with Crippen LogP contribution < -0.4 is 15.8 Å². The summed E-state index contributed by atoms with van der Waals surface area (Å²) in [5.41, 5.74) is 0.933. The molecule has 1 atom stereocenters. The highest BCUT2D eigenvalue weighted by atomic mass is 32.2. The second-order valence-corrected chi connectivity index (χ2v) is 10.4. The monoisotopic (exact) mass is 529 g/mol. The lowest BCUT2D eigenvalue weighted by atomic mass is 10.1. The summed E-state index contributed by atoms with van der Waals surface area (Å²) in [6.45, 7) is 8.06. The number of amides is 2. The van der Waals surface area contributed by atoms with E-state index in [9.17, 15) is 19.2 Å². The molecule has 2 amide bonds. The Hall–Kier alpha value is -3.25. The molecule has 2 fully saturated rings. The highest BCUT2D eigenvalue weighted by Gasteiger charge is 2.37. The number of carbonyl (C=O) groups is 3. The summed E-state index contributed by atoms with van der Waals surface area (Å²) in [6.07, 6.45) is 2.90. The third-order valence-corrected chi connectivity index (χ3v) is 7.28. The number of anilines is 1. The molecule has 0 aromatic carbocycles. The van der Waals surface area contributed by atoms with Crippen LogP contribution in [0.15, 0.2) is 28.0 Å². The van der Waals surface area contributed by atoms with Crippen LogP contribution in [-0.2, 0) is 19.1 Å². The number of fused-ring (bicyclic) bond motifs is 1. The molecule has 0 bridgehead atoms. The second-order valence-electron chi connectivity index (χ2n) is 8.69. The Bertz CT molecular complexity index is 1350. The summed E-state index contributed by atoms with van der Waals surface area (Å²) < 4.78 is 6.90. The maximum Gasteiger partial charge on any atom is 0.308 e. The Morgan fingerprint density at radius 3 is 2.78 bits per heavy atom. The number of aromatic nitrogens is 2. The normalized spacial score (nSPS) is 19.5. The average Bonchev–Trinajstić information content (AvgIpc) is 3.10. The van der Waals surface area contributed by atoms with Crippen LogP contribution in [0.3, 0.4) is 0 Å². The number of esters is 1. The summed E-state index contributed by atoms with van der Waals surface area (Å²) >= 11 is 6.51. The molecule has 2 saturated heterocycles. The number of hydrogen-bond acceptors (Lipinski definition) is 9. The summed E-state index contributed by atoms with van der Waals surface area (Å²) in [5, 5.41) is 2.77. The molecule has 0 aliphatic carbocycles. The summed E-state index contributed by atoms with van der Waals surface area (Å²) in [5.74, 6) is -0.955. The first-order valence-electron chi connectivity index (χ1n) is 11.6. The van der Waals surface area contributed by atoms with Gasteiger partial charge in [0.2, 0.25) is 5.91 Å². The van der Waals surface area contributed by atoms with Gasteiger partial charge in [-0.3, -0.25) is 28.5 Å². The number of aryl methyl sites for hydroxylation is 1. The lowest BCUT2D eigenvalue weighted by Crippen LogP contribution is -2.57. The van der Waals surface area contributed by atoms with E-state index in [1.54, 1.807) is 24.1 Å². The molecule has 36 heavy (non-hydrogen) atoms. The fraction of sp³-hybridized carbons (Fsp3) is 0.417. The zero-order valence-electron chi connectivity index (χ0n) is 20.4. The topological polar surface area (TPSA) is 113 Å². The van der Waals surface area contributed by atoms with E-state index in [0.717, 1.165) is 17.3 Å². The maximum atomic E-state index is 13.7. The predicted octanol–water partition coefficient (Wildman–Crippen LogP) is 1.87. The fourth-order valence-corrected chi connectivity index (χ4v) is 5.76. The summed E-state index contributed by atoms with van der Waals surface area (Å²) in [6, 6.07) is 2.51. The molecule has 0 unspecified atom stereocenters. The van der Waals surface area contributed by atoms with Crippen molar-refractivity contribution in [3.63, 3.8) is 0 Å². The molecule has 0 saturated carbocycles. The van der Waals surface area contributed by atoms with Gasteiger partial charge >= 0.3 is 5.97 Å². The predicted molar refractivity (Wildman–Crippen MR) is 142 cm³/mol. The van der Waals surface area contributed by atoms with Crippen molar-refractivity contribution in [1.82, 2.24) is 19.6 Å². The Morgan fingerprint density at radius 2 is 2.11 bits per heavy atom. The number of carbonyl (C=O) groups excluding carboxylic acids is 3. The fourth-order valence-electron chi connectivity index (χ4n) is 4.25. The van der Waals surface area contributed by atoms with Crippen LogP contribution in [0.4, 0.5) is 5.82 Å². The molecule has 12 heteroatoms. The number of thioether (sulfide) groups is 1. The molecule has 10 nitrogen and oxygen atoms in total. The number of ether oxygens (including phenoxy) is 1. The molecular formula is C24H27N5O5S2. The van der Waals surface area contributed by atoms with Crippen molar-refractivity contribution < 1.29 is 19.1 Å². The number of rotatable bonds is 6. The molecule has 2 aromatic heterocycles. The van der Waals surface area contributed by atoms with Crippen molar-refractivity contribution in [2.45, 2.75) is 46.2 Å². The molecule has 2 aromatic rings. The summed E-state index contributed by atoms with van der Waals surface area (Å²) in [4.78, 5) is 60.2. The first kappa shape index (κ1) is 25.8. The maximum absolute atomic E-state index is 13.7. The number of piperazine rings is 1. The second kappa shape index (κ2) is 10.4. The molecular weight excluding hydrogens is 502 g/mol. The van der Waals surface area contributed by atoms with Gasteiger partial charge in [-0.15, -0.1) is 0 Å². The third kappa shape index (κ3) is 4.74. The van der Waals surface area contributed by atoms with Crippen molar-refractivity contribution in [3.8, 4) is 0 Å². The smallest absolute Gasteiger partial charge is 0.308 e. The van der Waals surface area contributed by atoms with Gasteiger partial charge in [0.25, 0.3) is 11.5 Å². The number of nitrogens with zero attached hydrogens (tertiary/aromatic N) is 4. The van der Waals surface area contributed by atoms with Crippen LogP contribution in [0.5, 0.6) is 0 Å². The van der Waals surface area contributed by atoms with Crippen molar-refractivity contribution >= 4 is 63.6 Å². The Balaban J connectivity index is 1.91. The minimum absolute atomic E-state index is 0.138. The summed E-state index contributed by atoms with van der Waals surface area (Å²) in [7, 11) is 0. The Labute approximate surface area is 217 Å². The van der Waals surface area contributed by atoms with Crippen molar-refractivity contribution in [1.29, 1.82) is 0 Å². The van der Waals surface area contributed by atoms with E-state index in [-0.39, 0.29) is 42.3 Å². The molecule has 1 N–H and O–H groups in total. The molecule has 2 aliphatic rings. The first-order valence-corrected chi connectivity index (χ1v) is 12.9. The lowest BCUT2D eigenvalue weighted by Gasteiger charge is -2.36. The van der Waals surface area contributed by atoms with E-state index in [1.165, 1.54) is 15.4 Å². The highest BCUT2D eigenvalue weighted by molar-refractivity contribution is 8.26. The van der Waals surface area contributed by atoms with Crippen LogP contribution in [-0.4, -0.2) is 68.2 Å². The van der Waals surface area contributed by atoms with Crippen molar-refractivity contribution in [3.05, 3.63) is 44.7 Å². The van der Waals surface area contributed by atoms with Crippen LogP contribution >= 0.6 is 24.0 Å². The van der Waals surface area contributed by atoms with Crippen LogP contribution in [0.1, 0.15) is 38.3 Å². The van der Waals surface area contributed by atoms with Gasteiger partial charge in [0, 0.05) is 25.3 Å². The van der Waals surface area contributed by atoms with Gasteiger partial charge < -0.3 is 15.0 Å².